The van der Waals surface area contributed by atoms with Gasteiger partial charge >= 0.3 is 0 Å². The zero-order chi connectivity index (χ0) is 20.0. The summed E-state index contributed by atoms with van der Waals surface area (Å²) in [7, 11) is 0. The van der Waals surface area contributed by atoms with E-state index in [1.54, 1.807) is 17.8 Å². The van der Waals surface area contributed by atoms with Crippen LogP contribution < -0.4 is 0 Å². The largest absolute Gasteiger partial charge is 0.471 e. The van der Waals surface area contributed by atoms with Crippen LogP contribution in [0.4, 0.5) is 0 Å². The van der Waals surface area contributed by atoms with Crippen LogP contribution in [0.15, 0.2) is 24.5 Å². The van der Waals surface area contributed by atoms with E-state index in [0.717, 1.165) is 18.7 Å². The second kappa shape index (κ2) is 7.94. The minimum absolute atomic E-state index is 0.0376. The molecule has 0 spiro atoms. The third kappa shape index (κ3) is 3.26. The van der Waals surface area contributed by atoms with Gasteiger partial charge in [0.2, 0.25) is 6.29 Å². The number of ether oxygens (including phenoxy) is 3. The minimum atomic E-state index is -1.53. The quantitative estimate of drug-likeness (QED) is 0.417. The van der Waals surface area contributed by atoms with Crippen LogP contribution in [0.5, 0.6) is 0 Å². The van der Waals surface area contributed by atoms with Crippen LogP contribution >= 0.6 is 11.8 Å². The number of nitrogens with zero attached hydrogens (tertiary/aromatic N) is 1. The standard InChI is InChI=1S/C18H25NO8S/c1-2-8-9-5-12-19(3-4-28-12)16(24)10(9)7-25-17(8)27-18-15(23)14(22)13(21)11(6-20)26-18/h2,7-9,11-15,17-18,20-23H,1,3-6H2/t8-,9+,11+,12+,13+,14-,15+,17+,18-/m1/s1. The summed E-state index contributed by atoms with van der Waals surface area (Å²) in [5, 5.41) is 39.5. The number of piperidine rings is 1. The highest BCUT2D eigenvalue weighted by molar-refractivity contribution is 8.00. The summed E-state index contributed by atoms with van der Waals surface area (Å²) in [4.78, 5) is 14.6. The van der Waals surface area contributed by atoms with Gasteiger partial charge in [-0.25, -0.2) is 0 Å². The molecule has 9 atom stereocenters. The second-order valence-corrected chi connectivity index (χ2v) is 8.68. The molecule has 3 saturated heterocycles. The third-order valence-electron chi connectivity index (χ3n) is 5.85. The highest BCUT2D eigenvalue weighted by Gasteiger charge is 2.50. The summed E-state index contributed by atoms with van der Waals surface area (Å²) in [6.07, 6.45) is -3.98. The van der Waals surface area contributed by atoms with Gasteiger partial charge in [-0.3, -0.25) is 4.79 Å². The number of amides is 1. The lowest BCUT2D eigenvalue weighted by Crippen LogP contribution is -2.60. The van der Waals surface area contributed by atoms with Crippen molar-refractivity contribution in [3.05, 3.63) is 24.5 Å². The molecular formula is C18H25NO8S. The lowest BCUT2D eigenvalue weighted by molar-refractivity contribution is -0.339. The number of hydrogen-bond donors (Lipinski definition) is 4. The van der Waals surface area contributed by atoms with Crippen molar-refractivity contribution in [1.29, 1.82) is 0 Å². The van der Waals surface area contributed by atoms with Crippen LogP contribution in [0.2, 0.25) is 0 Å². The van der Waals surface area contributed by atoms with Crippen molar-refractivity contribution >= 4 is 17.7 Å². The molecule has 4 N–H and O–H groups in total. The van der Waals surface area contributed by atoms with Crippen molar-refractivity contribution in [2.75, 3.05) is 18.9 Å². The van der Waals surface area contributed by atoms with Crippen molar-refractivity contribution in [2.24, 2.45) is 11.8 Å². The van der Waals surface area contributed by atoms with E-state index < -0.39 is 43.6 Å². The molecule has 0 unspecified atom stereocenters. The van der Waals surface area contributed by atoms with Crippen LogP contribution in [0.1, 0.15) is 6.42 Å². The van der Waals surface area contributed by atoms with Gasteiger partial charge in [-0.05, 0) is 6.42 Å². The number of aliphatic hydroxyl groups is 4. The molecule has 156 valence electrons. The molecule has 0 aromatic heterocycles. The summed E-state index contributed by atoms with van der Waals surface area (Å²) in [5.41, 5.74) is 0.581. The van der Waals surface area contributed by atoms with E-state index in [1.807, 2.05) is 4.90 Å². The van der Waals surface area contributed by atoms with Gasteiger partial charge in [0.15, 0.2) is 6.29 Å². The summed E-state index contributed by atoms with van der Waals surface area (Å²) in [6.45, 7) is 4.03. The molecule has 4 aliphatic heterocycles. The Balaban J connectivity index is 1.52. The Hall–Kier alpha value is -1.14. The molecule has 0 bridgehead atoms. The van der Waals surface area contributed by atoms with E-state index >= 15 is 0 Å². The Morgan fingerprint density at radius 1 is 1.29 bits per heavy atom. The zero-order valence-corrected chi connectivity index (χ0v) is 16.0. The molecule has 9 nitrogen and oxygen atoms in total. The number of aliphatic hydroxyl groups excluding tert-OH is 4. The Kier molecular flexibility index (Phi) is 5.71. The summed E-state index contributed by atoms with van der Waals surface area (Å²) >= 11 is 1.75. The SMILES string of the molecule is C=C[C@H]1[C@H](O[C@H]2O[C@@H](CO)[C@H](O)[C@@H](O)[C@@H]2O)OC=C2C(=O)N3CCS[C@H]3C[C@H]21. The molecule has 0 aliphatic carbocycles. The van der Waals surface area contributed by atoms with Crippen LogP contribution in [-0.4, -0.2) is 92.5 Å². The fourth-order valence-corrected chi connectivity index (χ4v) is 5.55. The van der Waals surface area contributed by atoms with E-state index in [9.17, 15) is 25.2 Å². The highest BCUT2D eigenvalue weighted by Crippen LogP contribution is 2.45. The average molecular weight is 415 g/mol. The summed E-state index contributed by atoms with van der Waals surface area (Å²) in [5.74, 6) is 0.366. The lowest BCUT2D eigenvalue weighted by atomic mass is 9.79. The first-order chi connectivity index (χ1) is 13.5. The number of fused-ring (bicyclic) bond motifs is 2. The van der Waals surface area contributed by atoms with Crippen LogP contribution in [0.3, 0.4) is 0 Å². The van der Waals surface area contributed by atoms with Crippen molar-refractivity contribution in [2.45, 2.75) is 48.8 Å². The zero-order valence-electron chi connectivity index (χ0n) is 15.2. The normalized spacial score (nSPS) is 45.7. The second-order valence-electron chi connectivity index (χ2n) is 7.39. The van der Waals surface area contributed by atoms with E-state index in [1.165, 1.54) is 6.26 Å². The van der Waals surface area contributed by atoms with Gasteiger partial charge in [0.25, 0.3) is 5.91 Å². The smallest absolute Gasteiger partial charge is 0.254 e. The first kappa shape index (κ1) is 20.1. The molecule has 4 aliphatic rings. The maximum absolute atomic E-state index is 12.7. The van der Waals surface area contributed by atoms with Crippen LogP contribution in [-0.2, 0) is 19.0 Å². The van der Waals surface area contributed by atoms with E-state index in [0.29, 0.717) is 5.57 Å². The predicted molar refractivity (Wildman–Crippen MR) is 97.6 cm³/mol. The molecule has 10 heteroatoms. The molecule has 4 rings (SSSR count). The Labute approximate surface area is 166 Å². The maximum atomic E-state index is 12.7. The van der Waals surface area contributed by atoms with Crippen molar-refractivity contribution < 1.29 is 39.4 Å². The number of carbonyl (C=O) groups is 1. The Bertz CT molecular complexity index is 657. The number of carbonyl (C=O) groups excluding carboxylic acids is 1. The third-order valence-corrected chi connectivity index (χ3v) is 7.10. The van der Waals surface area contributed by atoms with Crippen LogP contribution in [0.25, 0.3) is 0 Å². The highest BCUT2D eigenvalue weighted by atomic mass is 32.2. The molecule has 28 heavy (non-hydrogen) atoms. The maximum Gasteiger partial charge on any atom is 0.254 e. The fourth-order valence-electron chi connectivity index (χ4n) is 4.25. The molecule has 0 aromatic rings. The number of thioether (sulfide) groups is 1. The van der Waals surface area contributed by atoms with Gasteiger partial charge < -0.3 is 39.5 Å². The predicted octanol–water partition coefficient (Wildman–Crippen LogP) is -1.23. The van der Waals surface area contributed by atoms with Gasteiger partial charge in [0.05, 0.1) is 23.8 Å². The molecular weight excluding hydrogens is 390 g/mol. The summed E-state index contributed by atoms with van der Waals surface area (Å²) in [6, 6.07) is 0. The van der Waals surface area contributed by atoms with Gasteiger partial charge in [0.1, 0.15) is 24.4 Å². The summed E-state index contributed by atoms with van der Waals surface area (Å²) < 4.78 is 16.8. The van der Waals surface area contributed by atoms with Crippen LogP contribution in [0, 0.1) is 11.8 Å². The topological polar surface area (TPSA) is 129 Å². The van der Waals surface area contributed by atoms with E-state index in [2.05, 4.69) is 6.58 Å². The number of rotatable bonds is 4. The first-order valence-electron chi connectivity index (χ1n) is 9.33. The number of hydrogen-bond acceptors (Lipinski definition) is 9. The van der Waals surface area contributed by atoms with Gasteiger partial charge in [-0.1, -0.05) is 6.08 Å². The first-order valence-corrected chi connectivity index (χ1v) is 10.4. The van der Waals surface area contributed by atoms with Crippen molar-refractivity contribution in [3.8, 4) is 0 Å². The Morgan fingerprint density at radius 3 is 2.79 bits per heavy atom. The Morgan fingerprint density at radius 2 is 2.07 bits per heavy atom. The van der Waals surface area contributed by atoms with Crippen molar-refractivity contribution in [1.82, 2.24) is 4.90 Å². The van der Waals surface area contributed by atoms with Gasteiger partial charge in [0, 0.05) is 24.1 Å². The average Bonchev–Trinajstić information content (AvgIpc) is 3.17. The molecule has 0 saturated carbocycles. The fraction of sp³-hybridized carbons (Fsp3) is 0.722. The van der Waals surface area contributed by atoms with E-state index in [-0.39, 0.29) is 23.1 Å². The molecule has 0 aromatic carbocycles. The van der Waals surface area contributed by atoms with E-state index in [4.69, 9.17) is 14.2 Å². The van der Waals surface area contributed by atoms with Gasteiger partial charge in [-0.15, -0.1) is 18.3 Å². The molecule has 3 fully saturated rings. The monoisotopic (exact) mass is 415 g/mol. The van der Waals surface area contributed by atoms with Crippen molar-refractivity contribution in [3.63, 3.8) is 0 Å². The molecule has 1 amide bonds. The van der Waals surface area contributed by atoms with Gasteiger partial charge in [-0.2, -0.15) is 0 Å². The molecule has 0 radical (unpaired) electrons. The lowest BCUT2D eigenvalue weighted by Gasteiger charge is -2.45. The molecule has 4 heterocycles. The minimum Gasteiger partial charge on any atom is -0.471 e.